The fourth-order valence-electron chi connectivity index (χ4n) is 2.88. The molecule has 1 aliphatic carbocycles. The molecule has 3 heteroatoms. The minimum absolute atomic E-state index is 0.152. The van der Waals surface area contributed by atoms with E-state index in [9.17, 15) is 0 Å². The minimum Gasteiger partial charge on any atom is -0.328 e. The van der Waals surface area contributed by atoms with Crippen molar-refractivity contribution in [3.63, 3.8) is 0 Å². The molecule has 3 nitrogen and oxygen atoms in total. The second kappa shape index (κ2) is 3.58. The van der Waals surface area contributed by atoms with Crippen LogP contribution in [-0.2, 0) is 18.4 Å². The third kappa shape index (κ3) is 1.81. The van der Waals surface area contributed by atoms with Crippen molar-refractivity contribution < 1.29 is 0 Å². The van der Waals surface area contributed by atoms with E-state index >= 15 is 0 Å². The molecule has 1 aliphatic heterocycles. The largest absolute Gasteiger partial charge is 0.328 e. The van der Waals surface area contributed by atoms with Crippen LogP contribution in [0.1, 0.15) is 57.4 Å². The summed E-state index contributed by atoms with van der Waals surface area (Å²) in [5.74, 6) is 2.13. The van der Waals surface area contributed by atoms with E-state index in [-0.39, 0.29) is 5.41 Å². The third-order valence-corrected chi connectivity index (χ3v) is 3.99. The Labute approximate surface area is 104 Å². The molecular weight excluding hydrogens is 210 g/mol. The number of hydrogen-bond donors (Lipinski definition) is 1. The molecule has 94 valence electrons. The van der Waals surface area contributed by atoms with Crippen LogP contribution in [0.3, 0.4) is 0 Å². The van der Waals surface area contributed by atoms with Gasteiger partial charge in [0, 0.05) is 36.7 Å². The number of nitrogens with one attached hydrogen (secondary N) is 1. The average Bonchev–Trinajstić information content (AvgIpc) is 2.84. The van der Waals surface area contributed by atoms with Gasteiger partial charge in [-0.2, -0.15) is 0 Å². The Kier molecular flexibility index (Phi) is 2.37. The van der Waals surface area contributed by atoms with Crippen LogP contribution in [0, 0.1) is 5.92 Å². The molecule has 3 rings (SSSR count). The average molecular weight is 233 g/mol. The lowest BCUT2D eigenvalue weighted by molar-refractivity contribution is 0.485. The van der Waals surface area contributed by atoms with Gasteiger partial charge >= 0.3 is 0 Å². The van der Waals surface area contributed by atoms with Gasteiger partial charge in [0.05, 0.1) is 5.69 Å². The van der Waals surface area contributed by atoms with Crippen molar-refractivity contribution in [3.8, 4) is 0 Å². The molecule has 0 amide bonds. The van der Waals surface area contributed by atoms with Gasteiger partial charge in [-0.05, 0) is 12.3 Å². The summed E-state index contributed by atoms with van der Waals surface area (Å²) in [6, 6.07) is 0.721. The van der Waals surface area contributed by atoms with Gasteiger partial charge in [0.2, 0.25) is 0 Å². The van der Waals surface area contributed by atoms with Crippen LogP contribution < -0.4 is 5.32 Å². The first-order valence-corrected chi connectivity index (χ1v) is 6.79. The summed E-state index contributed by atoms with van der Waals surface area (Å²) in [4.78, 5) is 4.92. The molecule has 0 radical (unpaired) electrons. The van der Waals surface area contributed by atoms with Crippen LogP contribution in [-0.4, -0.2) is 16.1 Å². The van der Waals surface area contributed by atoms with E-state index in [1.807, 2.05) is 0 Å². The first-order chi connectivity index (χ1) is 7.98. The van der Waals surface area contributed by atoms with E-state index < -0.39 is 0 Å². The molecular formula is C14H23N3. The molecule has 1 N–H and O–H groups in total. The quantitative estimate of drug-likeness (QED) is 0.807. The van der Waals surface area contributed by atoms with Gasteiger partial charge in [-0.15, -0.1) is 0 Å². The maximum Gasteiger partial charge on any atom is 0.114 e. The van der Waals surface area contributed by atoms with E-state index in [4.69, 9.17) is 4.98 Å². The minimum atomic E-state index is 0.152. The molecule has 2 aliphatic rings. The summed E-state index contributed by atoms with van der Waals surface area (Å²) in [6.07, 6.45) is 2.47. The Balaban J connectivity index is 2.11. The molecule has 0 saturated heterocycles. The van der Waals surface area contributed by atoms with E-state index in [1.165, 1.54) is 23.6 Å². The molecule has 17 heavy (non-hydrogen) atoms. The fraction of sp³-hybridized carbons (Fsp3) is 0.786. The van der Waals surface area contributed by atoms with E-state index in [0.29, 0.717) is 0 Å². The topological polar surface area (TPSA) is 29.9 Å². The number of aromatic nitrogens is 2. The number of rotatable bonds is 1. The maximum absolute atomic E-state index is 4.92. The van der Waals surface area contributed by atoms with Gasteiger partial charge in [0.25, 0.3) is 0 Å². The molecule has 0 aromatic carbocycles. The molecule has 0 spiro atoms. The Morgan fingerprint density at radius 2 is 2.06 bits per heavy atom. The van der Waals surface area contributed by atoms with Crippen molar-refractivity contribution >= 4 is 0 Å². The van der Waals surface area contributed by atoms with E-state index in [0.717, 1.165) is 31.5 Å². The summed E-state index contributed by atoms with van der Waals surface area (Å²) in [5.41, 5.74) is 2.95. The molecule has 2 heterocycles. The Morgan fingerprint density at radius 3 is 2.65 bits per heavy atom. The van der Waals surface area contributed by atoms with Gasteiger partial charge < -0.3 is 9.88 Å². The highest BCUT2D eigenvalue weighted by atomic mass is 15.2. The van der Waals surface area contributed by atoms with Crippen LogP contribution in [0.4, 0.5) is 0 Å². The lowest BCUT2D eigenvalue weighted by Crippen LogP contribution is -2.25. The van der Waals surface area contributed by atoms with Crippen molar-refractivity contribution in [2.24, 2.45) is 5.92 Å². The standard InChI is InChI=1S/C14H23N3/c1-9-7-12(9)17-11-5-6-15-8-10(11)16-13(17)14(2,3)4/h9,12,15H,5-8H2,1-4H3. The molecule has 0 bridgehead atoms. The zero-order chi connectivity index (χ0) is 12.2. The lowest BCUT2D eigenvalue weighted by atomic mass is 9.95. The molecule has 1 saturated carbocycles. The van der Waals surface area contributed by atoms with Crippen LogP contribution in [0.5, 0.6) is 0 Å². The summed E-state index contributed by atoms with van der Waals surface area (Å²) >= 11 is 0. The highest BCUT2D eigenvalue weighted by Gasteiger charge is 2.40. The first-order valence-electron chi connectivity index (χ1n) is 6.79. The smallest absolute Gasteiger partial charge is 0.114 e. The van der Waals surface area contributed by atoms with Gasteiger partial charge in [0.15, 0.2) is 0 Å². The zero-order valence-electron chi connectivity index (χ0n) is 11.4. The molecule has 1 aromatic heterocycles. The summed E-state index contributed by atoms with van der Waals surface area (Å²) in [6.45, 7) is 11.2. The SMILES string of the molecule is CC1CC1n1c(C(C)(C)C)nc2c1CCNC2. The Hall–Kier alpha value is -0.830. The highest BCUT2D eigenvalue weighted by Crippen LogP contribution is 2.46. The van der Waals surface area contributed by atoms with Crippen molar-refractivity contribution in [1.82, 2.24) is 14.9 Å². The zero-order valence-corrected chi connectivity index (χ0v) is 11.4. The monoisotopic (exact) mass is 233 g/mol. The summed E-state index contributed by atoms with van der Waals surface area (Å²) in [5, 5.41) is 3.43. The van der Waals surface area contributed by atoms with Crippen LogP contribution in [0.2, 0.25) is 0 Å². The van der Waals surface area contributed by atoms with Crippen LogP contribution >= 0.6 is 0 Å². The second-order valence-electron chi connectivity index (χ2n) is 6.66. The third-order valence-electron chi connectivity index (χ3n) is 3.99. The highest BCUT2D eigenvalue weighted by molar-refractivity contribution is 5.26. The molecule has 2 unspecified atom stereocenters. The van der Waals surface area contributed by atoms with Crippen molar-refractivity contribution in [2.45, 2.75) is 58.5 Å². The van der Waals surface area contributed by atoms with E-state index in [2.05, 4.69) is 37.6 Å². The normalized spacial score (nSPS) is 28.0. The summed E-state index contributed by atoms with van der Waals surface area (Å²) in [7, 11) is 0. The Bertz CT molecular complexity index is 439. The van der Waals surface area contributed by atoms with Gasteiger partial charge in [-0.3, -0.25) is 0 Å². The van der Waals surface area contributed by atoms with Gasteiger partial charge in [-0.25, -0.2) is 4.98 Å². The molecule has 1 aromatic rings. The second-order valence-corrected chi connectivity index (χ2v) is 6.66. The predicted molar refractivity (Wildman–Crippen MR) is 69.2 cm³/mol. The number of hydrogen-bond acceptors (Lipinski definition) is 2. The Morgan fingerprint density at radius 1 is 1.35 bits per heavy atom. The predicted octanol–water partition coefficient (Wildman–Crippen LogP) is 2.41. The van der Waals surface area contributed by atoms with Gasteiger partial charge in [0.1, 0.15) is 5.82 Å². The number of nitrogens with zero attached hydrogens (tertiary/aromatic N) is 2. The summed E-state index contributed by atoms with van der Waals surface area (Å²) < 4.78 is 2.57. The van der Waals surface area contributed by atoms with Crippen molar-refractivity contribution in [3.05, 3.63) is 17.2 Å². The number of fused-ring (bicyclic) bond motifs is 1. The van der Waals surface area contributed by atoms with Gasteiger partial charge in [-0.1, -0.05) is 27.7 Å². The van der Waals surface area contributed by atoms with Crippen molar-refractivity contribution in [2.75, 3.05) is 6.54 Å². The first kappa shape index (κ1) is 11.3. The van der Waals surface area contributed by atoms with Crippen LogP contribution in [0.25, 0.3) is 0 Å². The fourth-order valence-corrected chi connectivity index (χ4v) is 2.88. The molecule has 2 atom stereocenters. The number of imidazole rings is 1. The van der Waals surface area contributed by atoms with E-state index in [1.54, 1.807) is 0 Å². The lowest BCUT2D eigenvalue weighted by Gasteiger charge is -2.22. The molecule has 1 fully saturated rings. The maximum atomic E-state index is 4.92. The van der Waals surface area contributed by atoms with Crippen molar-refractivity contribution in [1.29, 1.82) is 0 Å². The van der Waals surface area contributed by atoms with Crippen LogP contribution in [0.15, 0.2) is 0 Å².